The van der Waals surface area contributed by atoms with Crippen LogP contribution in [0.4, 0.5) is 0 Å². The number of amides is 1. The number of hydrogen-bond donors (Lipinski definition) is 2. The lowest BCUT2D eigenvalue weighted by Crippen LogP contribution is -2.53. The van der Waals surface area contributed by atoms with Gasteiger partial charge in [0.25, 0.3) is 5.91 Å². The number of nitrogens with two attached hydrogens (primary N) is 1. The zero-order valence-corrected chi connectivity index (χ0v) is 20.0. The summed E-state index contributed by atoms with van der Waals surface area (Å²) >= 11 is 6.55. The van der Waals surface area contributed by atoms with Crippen LogP contribution in [0, 0.1) is 0 Å². The van der Waals surface area contributed by atoms with E-state index in [0.717, 1.165) is 35.3 Å². The van der Waals surface area contributed by atoms with Crippen LogP contribution in [-0.4, -0.2) is 64.0 Å². The van der Waals surface area contributed by atoms with Gasteiger partial charge in [-0.3, -0.25) is 14.5 Å². The lowest BCUT2D eigenvalue weighted by atomic mass is 10.1. The Bertz CT molecular complexity index is 1200. The van der Waals surface area contributed by atoms with E-state index < -0.39 is 5.97 Å². The second-order valence-electron chi connectivity index (χ2n) is 8.76. The predicted molar refractivity (Wildman–Crippen MR) is 134 cm³/mol. The summed E-state index contributed by atoms with van der Waals surface area (Å²) in [5.74, 6) is -0.809. The molecule has 1 amide bonds. The lowest BCUT2D eigenvalue weighted by Gasteiger charge is -2.40. The molecule has 1 saturated heterocycles. The van der Waals surface area contributed by atoms with Crippen molar-refractivity contribution in [3.8, 4) is 11.3 Å². The number of fused-ring (bicyclic) bond motifs is 1. The van der Waals surface area contributed by atoms with Crippen LogP contribution in [0.3, 0.4) is 0 Å². The zero-order chi connectivity index (χ0) is 24.2. The van der Waals surface area contributed by atoms with Gasteiger partial charge in [-0.25, -0.2) is 4.98 Å². The minimum atomic E-state index is -0.776. The van der Waals surface area contributed by atoms with Gasteiger partial charge in [-0.2, -0.15) is 0 Å². The van der Waals surface area contributed by atoms with Crippen molar-refractivity contribution < 1.29 is 14.7 Å². The molecule has 8 heteroatoms. The van der Waals surface area contributed by atoms with Crippen LogP contribution < -0.4 is 5.73 Å². The third kappa shape index (κ3) is 5.38. The Labute approximate surface area is 204 Å². The van der Waals surface area contributed by atoms with E-state index in [1.165, 1.54) is 0 Å². The van der Waals surface area contributed by atoms with Crippen molar-refractivity contribution in [2.45, 2.75) is 32.4 Å². The monoisotopic (exact) mass is 480 g/mol. The molecule has 0 spiro atoms. The topological polar surface area (TPSA) is 99.8 Å². The molecule has 0 bridgehead atoms. The minimum Gasteiger partial charge on any atom is -0.481 e. The molecule has 34 heavy (non-hydrogen) atoms. The number of aromatic nitrogens is 1. The third-order valence-electron chi connectivity index (χ3n) is 6.38. The maximum Gasteiger partial charge on any atom is 0.303 e. The molecule has 1 aliphatic rings. The van der Waals surface area contributed by atoms with E-state index in [1.54, 1.807) is 6.07 Å². The standard InChI is InChI=1S/C26H29ClN4O3/c1-17-16-31(12-11-30(17)10-2-3-25(32)33)26(34)20-8-9-21-22(27)14-23(29-24(21)13-20)19-6-4-18(15-28)5-7-19/h4-9,13-14,17H,2-3,10-12,15-16,28H2,1H3,(H,32,33)/t17-/m1/s1. The Kier molecular flexibility index (Phi) is 7.46. The Hall–Kier alpha value is -3.00. The maximum absolute atomic E-state index is 13.3. The number of pyridine rings is 1. The number of nitrogens with zero attached hydrogens (tertiary/aromatic N) is 3. The molecule has 178 valence electrons. The van der Waals surface area contributed by atoms with Crippen molar-refractivity contribution in [3.05, 3.63) is 64.7 Å². The number of carbonyl (C=O) groups excluding carboxylic acids is 1. The van der Waals surface area contributed by atoms with Gasteiger partial charge < -0.3 is 15.7 Å². The molecule has 0 saturated carbocycles. The Morgan fingerprint density at radius 2 is 1.91 bits per heavy atom. The average Bonchev–Trinajstić information content (AvgIpc) is 2.84. The second-order valence-corrected chi connectivity index (χ2v) is 9.16. The molecule has 0 radical (unpaired) electrons. The van der Waals surface area contributed by atoms with Gasteiger partial charge in [0.05, 0.1) is 16.2 Å². The number of hydrogen-bond acceptors (Lipinski definition) is 5. The number of halogens is 1. The molecule has 1 aromatic heterocycles. The van der Waals surface area contributed by atoms with E-state index in [4.69, 9.17) is 27.4 Å². The summed E-state index contributed by atoms with van der Waals surface area (Å²) in [5, 5.41) is 10.2. The molecule has 3 aromatic rings. The highest BCUT2D eigenvalue weighted by molar-refractivity contribution is 6.35. The highest BCUT2D eigenvalue weighted by Crippen LogP contribution is 2.29. The van der Waals surface area contributed by atoms with Gasteiger partial charge >= 0.3 is 5.97 Å². The molecule has 7 nitrogen and oxygen atoms in total. The molecule has 4 rings (SSSR count). The van der Waals surface area contributed by atoms with Crippen LogP contribution >= 0.6 is 11.6 Å². The highest BCUT2D eigenvalue weighted by atomic mass is 35.5. The van der Waals surface area contributed by atoms with Crippen molar-refractivity contribution in [1.29, 1.82) is 0 Å². The van der Waals surface area contributed by atoms with Crippen molar-refractivity contribution in [2.24, 2.45) is 5.73 Å². The summed E-state index contributed by atoms with van der Waals surface area (Å²) in [7, 11) is 0. The van der Waals surface area contributed by atoms with Crippen LogP contribution in [0.2, 0.25) is 5.02 Å². The SMILES string of the molecule is C[C@@H]1CN(C(=O)c2ccc3c(Cl)cc(-c4ccc(CN)cc4)nc3c2)CCN1CCCC(=O)O. The minimum absolute atomic E-state index is 0.0328. The first-order valence-electron chi connectivity index (χ1n) is 11.5. The number of carbonyl (C=O) groups is 2. The quantitative estimate of drug-likeness (QED) is 0.529. The third-order valence-corrected chi connectivity index (χ3v) is 6.69. The van der Waals surface area contributed by atoms with E-state index in [2.05, 4.69) is 11.8 Å². The summed E-state index contributed by atoms with van der Waals surface area (Å²) in [6.45, 7) is 5.22. The molecule has 0 unspecified atom stereocenters. The van der Waals surface area contributed by atoms with Gasteiger partial charge in [-0.15, -0.1) is 0 Å². The van der Waals surface area contributed by atoms with E-state index in [0.29, 0.717) is 42.2 Å². The van der Waals surface area contributed by atoms with Gasteiger partial charge in [0.15, 0.2) is 0 Å². The molecule has 1 aliphatic heterocycles. The number of carboxylic acids is 1. The molecule has 2 heterocycles. The number of rotatable bonds is 7. The van der Waals surface area contributed by atoms with E-state index >= 15 is 0 Å². The van der Waals surface area contributed by atoms with E-state index in [1.807, 2.05) is 47.4 Å². The van der Waals surface area contributed by atoms with Crippen molar-refractivity contribution >= 4 is 34.4 Å². The van der Waals surface area contributed by atoms with Gasteiger partial charge in [0.2, 0.25) is 0 Å². The number of benzene rings is 2. The summed E-state index contributed by atoms with van der Waals surface area (Å²) in [5.41, 5.74) is 9.68. The van der Waals surface area contributed by atoms with E-state index in [-0.39, 0.29) is 18.4 Å². The van der Waals surface area contributed by atoms with Crippen LogP contribution in [0.1, 0.15) is 35.7 Å². The van der Waals surface area contributed by atoms with Crippen molar-refractivity contribution in [3.63, 3.8) is 0 Å². The van der Waals surface area contributed by atoms with Crippen molar-refractivity contribution in [2.75, 3.05) is 26.2 Å². The molecule has 3 N–H and O–H groups in total. The van der Waals surface area contributed by atoms with Gasteiger partial charge in [0, 0.05) is 55.2 Å². The molecule has 0 aliphatic carbocycles. The first-order chi connectivity index (χ1) is 16.4. The maximum atomic E-state index is 13.3. The summed E-state index contributed by atoms with van der Waals surface area (Å²) in [6, 6.07) is 15.4. The van der Waals surface area contributed by atoms with Crippen LogP contribution in [0.5, 0.6) is 0 Å². The fraction of sp³-hybridized carbons (Fsp3) is 0.346. The normalized spacial score (nSPS) is 16.7. The number of carboxylic acid groups (broad SMARTS) is 1. The number of piperazine rings is 1. The molecule has 1 fully saturated rings. The summed E-state index contributed by atoms with van der Waals surface area (Å²) in [4.78, 5) is 32.9. The van der Waals surface area contributed by atoms with Gasteiger partial charge in [-0.05, 0) is 43.7 Å². The Morgan fingerprint density at radius 3 is 2.59 bits per heavy atom. The lowest BCUT2D eigenvalue weighted by molar-refractivity contribution is -0.137. The number of aliphatic carboxylic acids is 1. The second kappa shape index (κ2) is 10.5. The summed E-state index contributed by atoms with van der Waals surface area (Å²) < 4.78 is 0. The van der Waals surface area contributed by atoms with Crippen LogP contribution in [-0.2, 0) is 11.3 Å². The molecule has 2 aromatic carbocycles. The highest BCUT2D eigenvalue weighted by Gasteiger charge is 2.27. The Morgan fingerprint density at radius 1 is 1.15 bits per heavy atom. The first-order valence-corrected chi connectivity index (χ1v) is 11.9. The van der Waals surface area contributed by atoms with Crippen LogP contribution in [0.15, 0.2) is 48.5 Å². The predicted octanol–water partition coefficient (Wildman–Crippen LogP) is 4.03. The largest absolute Gasteiger partial charge is 0.481 e. The summed E-state index contributed by atoms with van der Waals surface area (Å²) in [6.07, 6.45) is 0.777. The van der Waals surface area contributed by atoms with E-state index in [9.17, 15) is 9.59 Å². The van der Waals surface area contributed by atoms with Gasteiger partial charge in [0.1, 0.15) is 0 Å². The smallest absolute Gasteiger partial charge is 0.303 e. The Balaban J connectivity index is 1.51. The first kappa shape index (κ1) is 24.1. The van der Waals surface area contributed by atoms with Crippen LogP contribution in [0.25, 0.3) is 22.2 Å². The molecular formula is C26H29ClN4O3. The van der Waals surface area contributed by atoms with Crippen molar-refractivity contribution in [1.82, 2.24) is 14.8 Å². The average molecular weight is 481 g/mol. The fourth-order valence-corrected chi connectivity index (χ4v) is 4.67. The fourth-order valence-electron chi connectivity index (χ4n) is 4.41. The molecule has 1 atom stereocenters. The molecular weight excluding hydrogens is 452 g/mol. The zero-order valence-electron chi connectivity index (χ0n) is 19.2. The van der Waals surface area contributed by atoms with Gasteiger partial charge in [-0.1, -0.05) is 41.9 Å².